The molecule has 0 atom stereocenters. The molecule has 0 aliphatic rings. The average molecular weight is 197 g/mol. The van der Waals surface area contributed by atoms with Crippen LogP contribution in [-0.2, 0) is 6.54 Å². The number of rotatable bonds is 2. The van der Waals surface area contributed by atoms with Gasteiger partial charge in [0.05, 0.1) is 0 Å². The molecule has 2 heterocycles. The highest BCUT2D eigenvalue weighted by atomic mass is 32.1. The summed E-state index contributed by atoms with van der Waals surface area (Å²) in [5.74, 6) is 6.18. The molecule has 0 spiro atoms. The molecule has 0 radical (unpaired) electrons. The van der Waals surface area contributed by atoms with E-state index in [1.807, 2.05) is 0 Å². The molecule has 8 heteroatoms. The Morgan fingerprint density at radius 3 is 3.00 bits per heavy atom. The first-order valence-electron chi connectivity index (χ1n) is 3.51. The highest BCUT2D eigenvalue weighted by molar-refractivity contribution is 7.71. The van der Waals surface area contributed by atoms with Gasteiger partial charge in [-0.15, -0.1) is 0 Å². The van der Waals surface area contributed by atoms with Crippen molar-refractivity contribution in [3.05, 3.63) is 23.3 Å². The Morgan fingerprint density at radius 2 is 2.46 bits per heavy atom. The average Bonchev–Trinajstić information content (AvgIpc) is 2.71. The summed E-state index contributed by atoms with van der Waals surface area (Å²) in [7, 11) is 0. The smallest absolute Gasteiger partial charge is 0.214 e. The zero-order chi connectivity index (χ0) is 9.26. The first kappa shape index (κ1) is 7.92. The van der Waals surface area contributed by atoms with Gasteiger partial charge in [0, 0.05) is 0 Å². The Bertz CT molecular complexity index is 438. The van der Waals surface area contributed by atoms with E-state index < -0.39 is 0 Å². The van der Waals surface area contributed by atoms with Crippen molar-refractivity contribution in [2.45, 2.75) is 6.54 Å². The van der Waals surface area contributed by atoms with Crippen molar-refractivity contribution in [3.8, 4) is 0 Å². The van der Waals surface area contributed by atoms with E-state index in [1.54, 1.807) is 11.0 Å². The molecule has 0 aliphatic carbocycles. The molecule has 0 aromatic carbocycles. The van der Waals surface area contributed by atoms with Gasteiger partial charge in [0.1, 0.15) is 19.2 Å². The molecule has 2 aromatic rings. The van der Waals surface area contributed by atoms with E-state index in [0.29, 0.717) is 17.1 Å². The minimum atomic E-state index is 0.384. The molecular weight excluding hydrogens is 190 g/mol. The number of aromatic nitrogens is 6. The summed E-state index contributed by atoms with van der Waals surface area (Å²) in [5, 5.41) is 10.4. The number of nitrogens with one attached hydrogen (secondary N) is 1. The van der Waals surface area contributed by atoms with Gasteiger partial charge < -0.3 is 5.84 Å². The summed E-state index contributed by atoms with van der Waals surface area (Å²) in [6.45, 7) is 0.448. The van der Waals surface area contributed by atoms with Crippen LogP contribution in [0, 0.1) is 4.77 Å². The molecule has 68 valence electrons. The maximum atomic E-state index is 5.58. The van der Waals surface area contributed by atoms with Crippen LogP contribution in [0.15, 0.2) is 12.7 Å². The Hall–Kier alpha value is -1.70. The summed E-state index contributed by atoms with van der Waals surface area (Å²) in [4.78, 5) is 3.79. The molecule has 3 N–H and O–H groups in total. The number of nitrogens with two attached hydrogens (primary N) is 1. The molecule has 0 saturated heterocycles. The van der Waals surface area contributed by atoms with Gasteiger partial charge in [0.25, 0.3) is 0 Å². The number of H-pyrrole nitrogens is 1. The van der Waals surface area contributed by atoms with Crippen LogP contribution >= 0.6 is 12.2 Å². The second-order valence-corrected chi connectivity index (χ2v) is 2.79. The monoisotopic (exact) mass is 197 g/mol. The SMILES string of the molecule is Nn1c(Cn2cncn2)n[nH]c1=S. The van der Waals surface area contributed by atoms with Gasteiger partial charge in [-0.2, -0.15) is 10.2 Å². The van der Waals surface area contributed by atoms with Gasteiger partial charge in [-0.1, -0.05) is 0 Å². The topological polar surface area (TPSA) is 90.3 Å². The van der Waals surface area contributed by atoms with E-state index in [9.17, 15) is 0 Å². The summed E-state index contributed by atoms with van der Waals surface area (Å²) < 4.78 is 3.29. The number of hydrogen-bond acceptors (Lipinski definition) is 5. The van der Waals surface area contributed by atoms with Crippen molar-refractivity contribution >= 4 is 12.2 Å². The van der Waals surface area contributed by atoms with Gasteiger partial charge in [-0.25, -0.2) is 14.3 Å². The first-order chi connectivity index (χ1) is 6.27. The number of nitrogens with zero attached hydrogens (tertiary/aromatic N) is 5. The third-order valence-electron chi connectivity index (χ3n) is 1.55. The first-order valence-corrected chi connectivity index (χ1v) is 3.92. The Balaban J connectivity index is 2.29. The Kier molecular flexibility index (Phi) is 1.81. The minimum absolute atomic E-state index is 0.384. The molecular formula is C5H7N7S. The van der Waals surface area contributed by atoms with E-state index in [1.165, 1.54) is 11.0 Å². The highest BCUT2D eigenvalue weighted by Gasteiger charge is 2.03. The second kappa shape index (κ2) is 2.98. The highest BCUT2D eigenvalue weighted by Crippen LogP contribution is 1.94. The predicted molar refractivity (Wildman–Crippen MR) is 46.7 cm³/mol. The van der Waals surface area contributed by atoms with Crippen molar-refractivity contribution in [1.29, 1.82) is 0 Å². The zero-order valence-electron chi connectivity index (χ0n) is 6.58. The quantitative estimate of drug-likeness (QED) is 0.490. The standard InChI is InChI=1S/C5H7N7S/c6-12-4(9-10-5(12)13)1-11-3-7-2-8-11/h2-3H,1,6H2,(H,10,13). The van der Waals surface area contributed by atoms with Gasteiger partial charge >= 0.3 is 0 Å². The molecule has 0 amide bonds. The Morgan fingerprint density at radius 1 is 1.62 bits per heavy atom. The van der Waals surface area contributed by atoms with Crippen LogP contribution in [0.5, 0.6) is 0 Å². The third-order valence-corrected chi connectivity index (χ3v) is 1.84. The van der Waals surface area contributed by atoms with E-state index in [-0.39, 0.29) is 0 Å². The van der Waals surface area contributed by atoms with Crippen molar-refractivity contribution in [1.82, 2.24) is 29.6 Å². The van der Waals surface area contributed by atoms with Crippen molar-refractivity contribution in [2.75, 3.05) is 5.84 Å². The molecule has 0 fully saturated rings. The number of hydrogen-bond donors (Lipinski definition) is 2. The molecule has 0 aliphatic heterocycles. The van der Waals surface area contributed by atoms with E-state index in [2.05, 4.69) is 20.3 Å². The molecule has 2 rings (SSSR count). The number of aromatic amines is 1. The van der Waals surface area contributed by atoms with E-state index in [4.69, 9.17) is 18.1 Å². The lowest BCUT2D eigenvalue weighted by molar-refractivity contribution is 0.636. The number of nitrogen functional groups attached to an aromatic ring is 1. The van der Waals surface area contributed by atoms with Crippen LogP contribution < -0.4 is 5.84 Å². The maximum Gasteiger partial charge on any atom is 0.214 e. The van der Waals surface area contributed by atoms with Gasteiger partial charge in [-0.05, 0) is 12.2 Å². The summed E-state index contributed by atoms with van der Waals surface area (Å²) in [6, 6.07) is 0. The molecule has 0 unspecified atom stereocenters. The largest absolute Gasteiger partial charge is 0.335 e. The fourth-order valence-electron chi connectivity index (χ4n) is 0.908. The molecule has 0 saturated carbocycles. The van der Waals surface area contributed by atoms with Crippen LogP contribution in [0.2, 0.25) is 0 Å². The molecule has 7 nitrogen and oxygen atoms in total. The molecule has 13 heavy (non-hydrogen) atoms. The minimum Gasteiger partial charge on any atom is -0.335 e. The fourth-order valence-corrected chi connectivity index (χ4v) is 1.06. The lowest BCUT2D eigenvalue weighted by Crippen LogP contribution is -2.15. The predicted octanol–water partition coefficient (Wildman–Crippen LogP) is -0.706. The van der Waals surface area contributed by atoms with Gasteiger partial charge in [0.2, 0.25) is 4.77 Å². The van der Waals surface area contributed by atoms with Crippen LogP contribution in [0.3, 0.4) is 0 Å². The maximum absolute atomic E-state index is 5.58. The Labute approximate surface area is 78.2 Å². The van der Waals surface area contributed by atoms with Crippen molar-refractivity contribution in [2.24, 2.45) is 0 Å². The van der Waals surface area contributed by atoms with Crippen LogP contribution in [0.25, 0.3) is 0 Å². The third kappa shape index (κ3) is 1.43. The fraction of sp³-hybridized carbons (Fsp3) is 0.200. The summed E-state index contributed by atoms with van der Waals surface area (Å²) >= 11 is 4.84. The van der Waals surface area contributed by atoms with E-state index in [0.717, 1.165) is 0 Å². The zero-order valence-corrected chi connectivity index (χ0v) is 7.40. The summed E-state index contributed by atoms with van der Waals surface area (Å²) in [5.41, 5.74) is 0. The summed E-state index contributed by atoms with van der Waals surface area (Å²) in [6.07, 6.45) is 3.03. The normalized spacial score (nSPS) is 10.5. The van der Waals surface area contributed by atoms with Crippen LogP contribution in [0.1, 0.15) is 5.82 Å². The lowest BCUT2D eigenvalue weighted by atomic mass is 10.6. The molecule has 0 bridgehead atoms. The van der Waals surface area contributed by atoms with Crippen LogP contribution in [0.4, 0.5) is 0 Å². The van der Waals surface area contributed by atoms with Gasteiger partial charge in [0.15, 0.2) is 5.82 Å². The second-order valence-electron chi connectivity index (χ2n) is 2.41. The van der Waals surface area contributed by atoms with Gasteiger partial charge in [-0.3, -0.25) is 5.10 Å². The molecule has 2 aromatic heterocycles. The van der Waals surface area contributed by atoms with Crippen molar-refractivity contribution in [3.63, 3.8) is 0 Å². The van der Waals surface area contributed by atoms with E-state index >= 15 is 0 Å². The lowest BCUT2D eigenvalue weighted by Gasteiger charge is -1.98. The van der Waals surface area contributed by atoms with Crippen LogP contribution in [-0.4, -0.2) is 29.6 Å². The van der Waals surface area contributed by atoms with Crippen molar-refractivity contribution < 1.29 is 0 Å².